The van der Waals surface area contributed by atoms with Gasteiger partial charge in [0.25, 0.3) is 0 Å². The lowest BCUT2D eigenvalue weighted by Crippen LogP contribution is -2.25. The Morgan fingerprint density at radius 3 is 2.38 bits per heavy atom. The van der Waals surface area contributed by atoms with Crippen LogP contribution >= 0.6 is 0 Å². The summed E-state index contributed by atoms with van der Waals surface area (Å²) in [5.41, 5.74) is 3.71. The number of rotatable bonds is 1. The van der Waals surface area contributed by atoms with Crippen LogP contribution in [0.2, 0.25) is 0 Å². The number of Topliss-reactive ketones (excluding diaryl/α,β-unsaturated/α-hetero) is 1. The highest BCUT2D eigenvalue weighted by Gasteiger charge is 2.34. The van der Waals surface area contributed by atoms with Crippen molar-refractivity contribution in [1.29, 1.82) is 0 Å². The van der Waals surface area contributed by atoms with Crippen LogP contribution in [0.4, 0.5) is 5.69 Å². The van der Waals surface area contributed by atoms with Crippen molar-refractivity contribution in [2.45, 2.75) is 13.8 Å². The maximum Gasteiger partial charge on any atom is 0.228 e. The molecule has 0 bridgehead atoms. The lowest BCUT2D eigenvalue weighted by Gasteiger charge is -2.15. The number of carbonyl (C=O) groups is 2. The molecule has 1 aliphatic rings. The standard InChI is InChI=1S/C18H15NO2/c1-12-7-9-14(10-8-12)11-17-18(21)15-5-3-4-6-16(15)19(17)13(2)20/h3-11H,1-2H3/b17-11-. The number of anilines is 1. The molecule has 0 atom stereocenters. The number of fused-ring (bicyclic) bond motifs is 1. The first-order chi connectivity index (χ1) is 10.1. The Morgan fingerprint density at radius 1 is 1.05 bits per heavy atom. The molecule has 0 fully saturated rings. The Hall–Kier alpha value is -2.68. The Kier molecular flexibility index (Phi) is 3.18. The van der Waals surface area contributed by atoms with E-state index >= 15 is 0 Å². The number of hydrogen-bond acceptors (Lipinski definition) is 2. The first-order valence-corrected chi connectivity index (χ1v) is 6.81. The molecule has 21 heavy (non-hydrogen) atoms. The lowest BCUT2D eigenvalue weighted by molar-refractivity contribution is -0.116. The number of ketones is 1. The zero-order valence-electron chi connectivity index (χ0n) is 12.0. The van der Waals surface area contributed by atoms with Gasteiger partial charge in [0.05, 0.1) is 11.4 Å². The van der Waals surface area contributed by atoms with E-state index in [1.165, 1.54) is 11.8 Å². The van der Waals surface area contributed by atoms with Crippen molar-refractivity contribution in [2.24, 2.45) is 0 Å². The molecule has 0 aromatic heterocycles. The Labute approximate surface area is 123 Å². The molecular formula is C18H15NO2. The van der Waals surface area contributed by atoms with Crippen LogP contribution in [0.25, 0.3) is 6.08 Å². The van der Waals surface area contributed by atoms with E-state index in [1.807, 2.05) is 43.3 Å². The number of aryl methyl sites for hydroxylation is 1. The number of allylic oxidation sites excluding steroid dienone is 1. The minimum Gasteiger partial charge on any atom is -0.287 e. The van der Waals surface area contributed by atoms with E-state index in [4.69, 9.17) is 0 Å². The van der Waals surface area contributed by atoms with Gasteiger partial charge in [0.1, 0.15) is 0 Å². The van der Waals surface area contributed by atoms with Crippen LogP contribution in [0, 0.1) is 6.92 Å². The molecule has 0 saturated carbocycles. The molecule has 0 N–H and O–H groups in total. The molecule has 2 aromatic carbocycles. The smallest absolute Gasteiger partial charge is 0.228 e. The molecule has 1 amide bonds. The van der Waals surface area contributed by atoms with Gasteiger partial charge < -0.3 is 0 Å². The van der Waals surface area contributed by atoms with E-state index in [-0.39, 0.29) is 11.7 Å². The van der Waals surface area contributed by atoms with Gasteiger partial charge in [-0.15, -0.1) is 0 Å². The van der Waals surface area contributed by atoms with E-state index in [0.29, 0.717) is 16.9 Å². The van der Waals surface area contributed by atoms with Gasteiger partial charge in [0, 0.05) is 12.5 Å². The Balaban J connectivity index is 2.12. The van der Waals surface area contributed by atoms with Crippen molar-refractivity contribution in [2.75, 3.05) is 4.90 Å². The van der Waals surface area contributed by atoms with E-state index in [9.17, 15) is 9.59 Å². The van der Waals surface area contributed by atoms with Crippen molar-refractivity contribution >= 4 is 23.5 Å². The molecule has 1 heterocycles. The monoisotopic (exact) mass is 277 g/mol. The van der Waals surface area contributed by atoms with Crippen LogP contribution in [0.15, 0.2) is 54.2 Å². The van der Waals surface area contributed by atoms with Crippen LogP contribution in [0.3, 0.4) is 0 Å². The third-order valence-electron chi connectivity index (χ3n) is 3.56. The van der Waals surface area contributed by atoms with Gasteiger partial charge in [0.15, 0.2) is 0 Å². The highest BCUT2D eigenvalue weighted by Crippen LogP contribution is 2.35. The largest absolute Gasteiger partial charge is 0.287 e. The van der Waals surface area contributed by atoms with Gasteiger partial charge in [-0.2, -0.15) is 0 Å². The maximum absolute atomic E-state index is 12.5. The highest BCUT2D eigenvalue weighted by molar-refractivity contribution is 6.26. The number of nitrogens with zero attached hydrogens (tertiary/aromatic N) is 1. The predicted octanol–water partition coefficient (Wildman–Crippen LogP) is 3.59. The molecule has 3 heteroatoms. The number of carbonyl (C=O) groups excluding carboxylic acids is 2. The number of benzene rings is 2. The van der Waals surface area contributed by atoms with Crippen molar-refractivity contribution < 1.29 is 9.59 Å². The molecule has 2 aromatic rings. The average Bonchev–Trinajstić information content (AvgIpc) is 2.75. The lowest BCUT2D eigenvalue weighted by atomic mass is 10.1. The van der Waals surface area contributed by atoms with Crippen LogP contribution in [0.5, 0.6) is 0 Å². The Morgan fingerprint density at radius 2 is 1.71 bits per heavy atom. The normalized spacial score (nSPS) is 15.4. The van der Waals surface area contributed by atoms with Gasteiger partial charge >= 0.3 is 0 Å². The highest BCUT2D eigenvalue weighted by atomic mass is 16.2. The fourth-order valence-electron chi connectivity index (χ4n) is 2.52. The van der Waals surface area contributed by atoms with E-state index in [0.717, 1.165) is 11.1 Å². The topological polar surface area (TPSA) is 37.4 Å². The second-order valence-electron chi connectivity index (χ2n) is 5.14. The molecule has 0 saturated heterocycles. The Bertz CT molecular complexity index is 757. The van der Waals surface area contributed by atoms with Crippen molar-refractivity contribution in [3.8, 4) is 0 Å². The zero-order chi connectivity index (χ0) is 15.0. The van der Waals surface area contributed by atoms with Gasteiger partial charge in [-0.25, -0.2) is 0 Å². The predicted molar refractivity (Wildman–Crippen MR) is 83.1 cm³/mol. The summed E-state index contributed by atoms with van der Waals surface area (Å²) in [5.74, 6) is -0.270. The summed E-state index contributed by atoms with van der Waals surface area (Å²) in [5, 5.41) is 0. The number of amides is 1. The zero-order valence-corrected chi connectivity index (χ0v) is 12.0. The molecule has 0 unspecified atom stereocenters. The second-order valence-corrected chi connectivity index (χ2v) is 5.14. The van der Waals surface area contributed by atoms with Crippen LogP contribution in [0.1, 0.15) is 28.4 Å². The summed E-state index contributed by atoms with van der Waals surface area (Å²) < 4.78 is 0. The summed E-state index contributed by atoms with van der Waals surface area (Å²) in [4.78, 5) is 25.9. The fraction of sp³-hybridized carbons (Fsp3) is 0.111. The minimum absolute atomic E-state index is 0.110. The van der Waals surface area contributed by atoms with Gasteiger partial charge in [-0.3, -0.25) is 14.5 Å². The van der Waals surface area contributed by atoms with Crippen LogP contribution < -0.4 is 4.90 Å². The number of hydrogen-bond donors (Lipinski definition) is 0. The van der Waals surface area contributed by atoms with Crippen LogP contribution in [-0.4, -0.2) is 11.7 Å². The first kappa shape index (κ1) is 13.3. The third kappa shape index (κ3) is 2.27. The van der Waals surface area contributed by atoms with Crippen molar-refractivity contribution in [3.63, 3.8) is 0 Å². The maximum atomic E-state index is 12.5. The quantitative estimate of drug-likeness (QED) is 0.747. The van der Waals surface area contributed by atoms with Crippen molar-refractivity contribution in [1.82, 2.24) is 0 Å². The van der Waals surface area contributed by atoms with Gasteiger partial charge in [-0.05, 0) is 30.7 Å². The molecule has 0 spiro atoms. The van der Waals surface area contributed by atoms with Gasteiger partial charge in [0.2, 0.25) is 11.7 Å². The van der Waals surface area contributed by atoms with E-state index < -0.39 is 0 Å². The number of para-hydroxylation sites is 1. The summed E-state index contributed by atoms with van der Waals surface area (Å²) in [6.45, 7) is 3.48. The summed E-state index contributed by atoms with van der Waals surface area (Å²) >= 11 is 0. The summed E-state index contributed by atoms with van der Waals surface area (Å²) in [6.07, 6.45) is 1.77. The van der Waals surface area contributed by atoms with Crippen molar-refractivity contribution in [3.05, 3.63) is 70.9 Å². The molecule has 0 radical (unpaired) electrons. The summed E-state index contributed by atoms with van der Waals surface area (Å²) in [6, 6.07) is 15.0. The summed E-state index contributed by atoms with van der Waals surface area (Å²) in [7, 11) is 0. The molecular weight excluding hydrogens is 262 g/mol. The average molecular weight is 277 g/mol. The molecule has 0 aliphatic carbocycles. The van der Waals surface area contributed by atoms with E-state index in [2.05, 4.69) is 0 Å². The molecule has 3 nitrogen and oxygen atoms in total. The second kappa shape index (κ2) is 5.02. The third-order valence-corrected chi connectivity index (χ3v) is 3.56. The minimum atomic E-state index is -0.160. The van der Waals surface area contributed by atoms with E-state index in [1.54, 1.807) is 18.2 Å². The fourth-order valence-corrected chi connectivity index (χ4v) is 2.52. The van der Waals surface area contributed by atoms with Crippen LogP contribution in [-0.2, 0) is 4.79 Å². The SMILES string of the molecule is CC(=O)N1/C(=C\c2ccc(C)cc2)C(=O)c2ccccc21. The molecule has 1 aliphatic heterocycles. The molecule has 104 valence electrons. The molecule has 3 rings (SSSR count). The van der Waals surface area contributed by atoms with Gasteiger partial charge in [-0.1, -0.05) is 42.0 Å². The first-order valence-electron chi connectivity index (χ1n) is 6.81.